The van der Waals surface area contributed by atoms with E-state index in [2.05, 4.69) is 25.0 Å². The summed E-state index contributed by atoms with van der Waals surface area (Å²) in [6, 6.07) is 3.82. The van der Waals surface area contributed by atoms with Crippen molar-refractivity contribution in [1.29, 1.82) is 5.26 Å². The minimum absolute atomic E-state index is 0.181. The molecule has 5 heteroatoms. The fourth-order valence-electron chi connectivity index (χ4n) is 9.62. The molecule has 0 amide bonds. The normalized spacial score (nSPS) is 44.2. The molecule has 1 aromatic rings. The van der Waals surface area contributed by atoms with E-state index in [0.29, 0.717) is 18.2 Å². The minimum atomic E-state index is -0.826. The van der Waals surface area contributed by atoms with Crippen molar-refractivity contribution in [3.8, 4) is 6.07 Å². The molecule has 0 spiro atoms. The highest BCUT2D eigenvalue weighted by atomic mass is 16.3. The van der Waals surface area contributed by atoms with Gasteiger partial charge in [0.1, 0.15) is 6.07 Å². The van der Waals surface area contributed by atoms with Gasteiger partial charge in [-0.05, 0) is 118 Å². The third-order valence-corrected chi connectivity index (χ3v) is 10.8. The lowest BCUT2D eigenvalue weighted by molar-refractivity contribution is -0.130. The van der Waals surface area contributed by atoms with E-state index in [4.69, 9.17) is 5.26 Å². The highest BCUT2D eigenvalue weighted by Crippen LogP contribution is 2.66. The van der Waals surface area contributed by atoms with Gasteiger partial charge in [-0.1, -0.05) is 20.3 Å². The van der Waals surface area contributed by atoms with Crippen LogP contribution in [0.5, 0.6) is 0 Å². The molecule has 1 aromatic heterocycles. The number of nitriles is 1. The highest BCUT2D eigenvalue weighted by molar-refractivity contribution is 5.17. The van der Waals surface area contributed by atoms with Crippen LogP contribution in [0.1, 0.15) is 97.1 Å². The Morgan fingerprint density at radius 2 is 1.94 bits per heavy atom. The van der Waals surface area contributed by atoms with Gasteiger partial charge >= 0.3 is 0 Å². The molecule has 5 nitrogen and oxygen atoms in total. The maximum atomic E-state index is 11.7. The number of fused-ring (bicyclic) bond motifs is 5. The number of aromatic nitrogens is 2. The van der Waals surface area contributed by atoms with Crippen molar-refractivity contribution in [2.45, 2.75) is 109 Å². The summed E-state index contributed by atoms with van der Waals surface area (Å²) < 4.78 is 1.76. The van der Waals surface area contributed by atoms with Crippen molar-refractivity contribution < 1.29 is 10.2 Å². The van der Waals surface area contributed by atoms with Crippen LogP contribution < -0.4 is 0 Å². The largest absolute Gasteiger partial charge is 0.390 e. The average molecular weight is 454 g/mol. The van der Waals surface area contributed by atoms with Crippen LogP contribution in [-0.4, -0.2) is 31.2 Å². The van der Waals surface area contributed by atoms with Gasteiger partial charge in [0, 0.05) is 6.20 Å². The van der Waals surface area contributed by atoms with Gasteiger partial charge in [-0.25, -0.2) is 0 Å². The topological polar surface area (TPSA) is 82.1 Å². The second-order valence-corrected chi connectivity index (χ2v) is 12.7. The zero-order chi connectivity index (χ0) is 23.4. The van der Waals surface area contributed by atoms with Gasteiger partial charge < -0.3 is 10.2 Å². The third-order valence-electron chi connectivity index (χ3n) is 10.8. The molecule has 9 atom stereocenters. The number of hydrogen-bond donors (Lipinski definition) is 2. The summed E-state index contributed by atoms with van der Waals surface area (Å²) in [4.78, 5) is 0. The second kappa shape index (κ2) is 8.38. The molecule has 5 rings (SSSR count). The van der Waals surface area contributed by atoms with Crippen LogP contribution in [0.2, 0.25) is 0 Å². The average Bonchev–Trinajstić information content (AvgIpc) is 3.36. The Bertz CT molecular complexity index is 903. The van der Waals surface area contributed by atoms with Gasteiger partial charge in [-0.2, -0.15) is 10.4 Å². The molecule has 33 heavy (non-hydrogen) atoms. The predicted molar refractivity (Wildman–Crippen MR) is 128 cm³/mol. The number of nitrogens with zero attached hydrogens (tertiary/aromatic N) is 3. The number of aliphatic hydroxyl groups is 2. The SMILES string of the molecule is CCC[C@@]1(O)CC[C@H]2[C@H](CC[C@@H]3[C@@H]2CC[C@]2(C)[C@@H](C(C)(O)Cn4ccc(C#N)n4)CC[C@@H]32)C1. The summed E-state index contributed by atoms with van der Waals surface area (Å²) in [5.41, 5.74) is -0.633. The first-order chi connectivity index (χ1) is 15.7. The Balaban J connectivity index is 1.31. The molecule has 0 saturated heterocycles. The fourth-order valence-corrected chi connectivity index (χ4v) is 9.62. The van der Waals surface area contributed by atoms with Crippen LogP contribution in [-0.2, 0) is 6.54 Å². The predicted octanol–water partition coefficient (Wildman–Crippen LogP) is 5.31. The number of rotatable bonds is 5. The minimum Gasteiger partial charge on any atom is -0.390 e. The van der Waals surface area contributed by atoms with Crippen molar-refractivity contribution in [2.24, 2.45) is 40.9 Å². The third kappa shape index (κ3) is 3.96. The maximum Gasteiger partial charge on any atom is 0.162 e. The molecule has 1 unspecified atom stereocenters. The van der Waals surface area contributed by atoms with Crippen molar-refractivity contribution >= 4 is 0 Å². The Hall–Kier alpha value is -1.38. The molecule has 2 N–H and O–H groups in total. The molecular formula is C28H43N3O2. The smallest absolute Gasteiger partial charge is 0.162 e. The fraction of sp³-hybridized carbons (Fsp3) is 0.857. The van der Waals surface area contributed by atoms with Gasteiger partial charge in [-0.3, -0.25) is 4.68 Å². The summed E-state index contributed by atoms with van der Waals surface area (Å²) in [7, 11) is 0. The van der Waals surface area contributed by atoms with Crippen LogP contribution in [0, 0.1) is 52.3 Å². The first kappa shape index (κ1) is 23.4. The van der Waals surface area contributed by atoms with Gasteiger partial charge in [-0.15, -0.1) is 0 Å². The summed E-state index contributed by atoms with van der Waals surface area (Å²) in [6.45, 7) is 7.12. The maximum absolute atomic E-state index is 11.7. The molecule has 0 bridgehead atoms. The van der Waals surface area contributed by atoms with E-state index < -0.39 is 11.2 Å². The van der Waals surface area contributed by atoms with Crippen LogP contribution in [0.15, 0.2) is 12.3 Å². The van der Waals surface area contributed by atoms with E-state index >= 15 is 0 Å². The van der Waals surface area contributed by atoms with Gasteiger partial charge in [0.25, 0.3) is 0 Å². The van der Waals surface area contributed by atoms with Crippen molar-refractivity contribution in [2.75, 3.05) is 0 Å². The molecule has 0 radical (unpaired) electrons. The van der Waals surface area contributed by atoms with E-state index in [1.54, 1.807) is 10.7 Å². The molecule has 4 aliphatic carbocycles. The summed E-state index contributed by atoms with van der Waals surface area (Å²) in [5, 5.41) is 36.2. The van der Waals surface area contributed by atoms with E-state index in [1.165, 1.54) is 38.5 Å². The highest BCUT2D eigenvalue weighted by Gasteiger charge is 2.60. The second-order valence-electron chi connectivity index (χ2n) is 12.7. The van der Waals surface area contributed by atoms with E-state index in [9.17, 15) is 10.2 Å². The van der Waals surface area contributed by atoms with Crippen LogP contribution >= 0.6 is 0 Å². The first-order valence-electron chi connectivity index (χ1n) is 13.6. The molecule has 4 aliphatic rings. The molecule has 4 saturated carbocycles. The lowest BCUT2D eigenvalue weighted by atomic mass is 9.48. The first-order valence-corrected chi connectivity index (χ1v) is 13.6. The lowest BCUT2D eigenvalue weighted by Gasteiger charge is -2.58. The summed E-state index contributed by atoms with van der Waals surface area (Å²) in [6.07, 6.45) is 14.5. The van der Waals surface area contributed by atoms with Crippen LogP contribution in [0.4, 0.5) is 0 Å². The molecule has 0 aliphatic heterocycles. The standard InChI is InChI=1S/C28H43N3O2/c1-4-12-28(33)14-10-21-19(16-28)5-6-23-22(21)9-13-26(2)24(23)7-8-25(26)27(3,32)18-31-15-11-20(17-29)30-31/h11,15,19,21-25,32-33H,4-10,12-14,16,18H2,1-3H3/t19-,21+,22-,23-,24+,25+,26+,27?,28-/m1/s1. The molecule has 4 fully saturated rings. The summed E-state index contributed by atoms with van der Waals surface area (Å²) >= 11 is 0. The Kier molecular flexibility index (Phi) is 5.93. The van der Waals surface area contributed by atoms with Crippen molar-refractivity contribution in [1.82, 2.24) is 9.78 Å². The Labute approximate surface area is 199 Å². The van der Waals surface area contributed by atoms with Gasteiger partial charge in [0.2, 0.25) is 0 Å². The zero-order valence-corrected chi connectivity index (χ0v) is 20.8. The molecule has 182 valence electrons. The zero-order valence-electron chi connectivity index (χ0n) is 20.8. The quantitative estimate of drug-likeness (QED) is 0.633. The lowest BCUT2D eigenvalue weighted by Crippen LogP contribution is -2.53. The molecule has 0 aromatic carbocycles. The van der Waals surface area contributed by atoms with Gasteiger partial charge in [0.15, 0.2) is 5.69 Å². The van der Waals surface area contributed by atoms with E-state index in [1.807, 2.05) is 13.1 Å². The number of hydrogen-bond acceptors (Lipinski definition) is 4. The van der Waals surface area contributed by atoms with Crippen molar-refractivity contribution in [3.63, 3.8) is 0 Å². The molecular weight excluding hydrogens is 410 g/mol. The van der Waals surface area contributed by atoms with E-state index in [-0.39, 0.29) is 11.3 Å². The Morgan fingerprint density at radius 3 is 2.67 bits per heavy atom. The van der Waals surface area contributed by atoms with Crippen LogP contribution in [0.25, 0.3) is 0 Å². The van der Waals surface area contributed by atoms with Crippen molar-refractivity contribution in [3.05, 3.63) is 18.0 Å². The molecule has 1 heterocycles. The van der Waals surface area contributed by atoms with Crippen LogP contribution in [0.3, 0.4) is 0 Å². The summed E-state index contributed by atoms with van der Waals surface area (Å²) in [5.74, 6) is 4.11. The Morgan fingerprint density at radius 1 is 1.15 bits per heavy atom. The monoisotopic (exact) mass is 453 g/mol. The van der Waals surface area contributed by atoms with E-state index in [0.717, 1.165) is 55.8 Å². The van der Waals surface area contributed by atoms with Gasteiger partial charge in [0.05, 0.1) is 17.7 Å².